The lowest BCUT2D eigenvalue weighted by Gasteiger charge is -2.05. The van der Waals surface area contributed by atoms with Gasteiger partial charge in [-0.3, -0.25) is 20.4 Å². The van der Waals surface area contributed by atoms with Gasteiger partial charge in [0.25, 0.3) is 0 Å². The van der Waals surface area contributed by atoms with Crippen molar-refractivity contribution >= 4 is 23.4 Å². The molecule has 4 aromatic rings. The van der Waals surface area contributed by atoms with E-state index >= 15 is 0 Å². The van der Waals surface area contributed by atoms with Crippen molar-refractivity contribution in [3.8, 4) is 17.1 Å². The summed E-state index contributed by atoms with van der Waals surface area (Å²) in [5, 5.41) is 4.50. The Morgan fingerprint density at radius 2 is 1.76 bits per heavy atom. The van der Waals surface area contributed by atoms with Crippen LogP contribution in [-0.4, -0.2) is 22.0 Å². The number of carbonyl (C=O) groups is 2. The smallest absolute Gasteiger partial charge is 0.305 e. The third kappa shape index (κ3) is 6.20. The number of furan rings is 1. The molecule has 4 rings (SSSR count). The van der Waals surface area contributed by atoms with E-state index in [0.29, 0.717) is 28.2 Å². The first-order valence-electron chi connectivity index (χ1n) is 10.0. The fraction of sp³-hybridized carbons (Fsp3) is 0.130. The molecule has 0 radical (unpaired) electrons. The molecule has 2 heterocycles. The van der Waals surface area contributed by atoms with Gasteiger partial charge in [-0.25, -0.2) is 0 Å². The van der Waals surface area contributed by atoms with Crippen LogP contribution in [0.15, 0.2) is 75.7 Å². The topological polar surface area (TPSA) is 119 Å². The lowest BCUT2D eigenvalue weighted by atomic mass is 10.2. The minimum Gasteiger partial charge on any atom is -0.486 e. The van der Waals surface area contributed by atoms with Gasteiger partial charge in [-0.2, -0.15) is 4.98 Å². The fourth-order valence-electron chi connectivity index (χ4n) is 2.79. The number of aromatic nitrogens is 2. The molecular formula is C23H19ClN4O5. The van der Waals surface area contributed by atoms with Gasteiger partial charge in [0.2, 0.25) is 17.6 Å². The Hall–Kier alpha value is -4.11. The molecule has 2 N–H and O–H groups in total. The Morgan fingerprint density at radius 1 is 0.970 bits per heavy atom. The number of rotatable bonds is 8. The molecule has 0 aliphatic heterocycles. The first-order valence-corrected chi connectivity index (χ1v) is 10.4. The van der Waals surface area contributed by atoms with E-state index < -0.39 is 11.8 Å². The summed E-state index contributed by atoms with van der Waals surface area (Å²) in [6.45, 7) is 0.172. The second-order valence-electron chi connectivity index (χ2n) is 6.89. The number of hydrogen-bond donors (Lipinski definition) is 2. The van der Waals surface area contributed by atoms with Gasteiger partial charge in [0.1, 0.15) is 18.1 Å². The zero-order valence-corrected chi connectivity index (χ0v) is 18.0. The Kier molecular flexibility index (Phi) is 7.01. The number of aryl methyl sites for hydroxylation is 1. The van der Waals surface area contributed by atoms with Gasteiger partial charge >= 0.3 is 5.91 Å². The highest BCUT2D eigenvalue weighted by Gasteiger charge is 2.14. The van der Waals surface area contributed by atoms with Gasteiger partial charge in [0, 0.05) is 23.4 Å². The fourth-order valence-corrected chi connectivity index (χ4v) is 2.92. The summed E-state index contributed by atoms with van der Waals surface area (Å²) >= 11 is 5.87. The number of nitrogens with zero attached hydrogens (tertiary/aromatic N) is 2. The van der Waals surface area contributed by atoms with Crippen molar-refractivity contribution in [3.05, 3.63) is 89.2 Å². The summed E-state index contributed by atoms with van der Waals surface area (Å²) in [5.74, 6) is 0.907. The van der Waals surface area contributed by atoms with E-state index in [1.807, 2.05) is 30.3 Å². The van der Waals surface area contributed by atoms with Gasteiger partial charge in [-0.15, -0.1) is 0 Å². The third-order valence-electron chi connectivity index (χ3n) is 4.46. The number of carbonyl (C=O) groups excluding carboxylic acids is 2. The molecule has 168 valence electrons. The van der Waals surface area contributed by atoms with E-state index in [0.717, 1.165) is 5.56 Å². The lowest BCUT2D eigenvalue weighted by Crippen LogP contribution is -2.41. The van der Waals surface area contributed by atoms with E-state index in [2.05, 4.69) is 21.0 Å². The molecule has 0 atom stereocenters. The maximum absolute atomic E-state index is 12.2. The second-order valence-corrected chi connectivity index (χ2v) is 7.33. The maximum Gasteiger partial charge on any atom is 0.305 e. The summed E-state index contributed by atoms with van der Waals surface area (Å²) in [6.07, 6.45) is 0.251. The number of para-hydroxylation sites is 1. The van der Waals surface area contributed by atoms with E-state index in [1.54, 1.807) is 30.3 Å². The molecule has 0 spiro atoms. The number of hydrazine groups is 1. The van der Waals surface area contributed by atoms with Crippen LogP contribution in [0.5, 0.6) is 5.75 Å². The number of ether oxygens (including phenoxy) is 1. The minimum atomic E-state index is -0.586. The van der Waals surface area contributed by atoms with E-state index in [4.69, 9.17) is 25.3 Å². The van der Waals surface area contributed by atoms with Crippen LogP contribution in [-0.2, 0) is 17.8 Å². The average molecular weight is 467 g/mol. The molecule has 0 bridgehead atoms. The van der Waals surface area contributed by atoms with Gasteiger partial charge in [0.05, 0.1) is 0 Å². The normalized spacial score (nSPS) is 10.6. The first-order chi connectivity index (χ1) is 16.1. The SMILES string of the molecule is O=C(CCc1nc(-c2ccc(Cl)cc2)no1)NNC(=O)c1ccc(COc2ccccc2)o1. The van der Waals surface area contributed by atoms with Gasteiger partial charge in [-0.05, 0) is 48.5 Å². The molecule has 10 heteroatoms. The van der Waals surface area contributed by atoms with E-state index in [-0.39, 0.29) is 25.2 Å². The Morgan fingerprint density at radius 3 is 2.55 bits per heavy atom. The van der Waals surface area contributed by atoms with Gasteiger partial charge in [-0.1, -0.05) is 35.0 Å². The molecule has 0 saturated heterocycles. The zero-order valence-electron chi connectivity index (χ0n) is 17.3. The minimum absolute atomic E-state index is 0.0385. The predicted octanol–water partition coefficient (Wildman–Crippen LogP) is 3.96. The molecule has 0 unspecified atom stereocenters. The van der Waals surface area contributed by atoms with Crippen molar-refractivity contribution < 1.29 is 23.3 Å². The Labute approximate surface area is 193 Å². The lowest BCUT2D eigenvalue weighted by molar-refractivity contribution is -0.121. The highest BCUT2D eigenvalue weighted by Crippen LogP contribution is 2.19. The highest BCUT2D eigenvalue weighted by atomic mass is 35.5. The summed E-state index contributed by atoms with van der Waals surface area (Å²) in [7, 11) is 0. The maximum atomic E-state index is 12.2. The van der Waals surface area contributed by atoms with Crippen LogP contribution in [0.2, 0.25) is 5.02 Å². The molecule has 2 aromatic heterocycles. The summed E-state index contributed by atoms with van der Waals surface area (Å²) < 4.78 is 16.2. The van der Waals surface area contributed by atoms with Crippen LogP contribution < -0.4 is 15.6 Å². The summed E-state index contributed by atoms with van der Waals surface area (Å²) in [5.41, 5.74) is 5.38. The van der Waals surface area contributed by atoms with Crippen LogP contribution in [0.3, 0.4) is 0 Å². The van der Waals surface area contributed by atoms with Gasteiger partial charge < -0.3 is 13.7 Å². The molecule has 0 aliphatic carbocycles. The first kappa shape index (κ1) is 22.1. The van der Waals surface area contributed by atoms with E-state index in [1.165, 1.54) is 6.07 Å². The van der Waals surface area contributed by atoms with Crippen LogP contribution in [0.25, 0.3) is 11.4 Å². The van der Waals surface area contributed by atoms with Crippen molar-refractivity contribution in [3.63, 3.8) is 0 Å². The molecule has 0 aliphatic rings. The molecule has 2 aromatic carbocycles. The monoisotopic (exact) mass is 466 g/mol. The van der Waals surface area contributed by atoms with Crippen molar-refractivity contribution in [1.29, 1.82) is 0 Å². The van der Waals surface area contributed by atoms with Crippen LogP contribution in [0, 0.1) is 0 Å². The van der Waals surface area contributed by atoms with Gasteiger partial charge in [0.15, 0.2) is 5.76 Å². The largest absolute Gasteiger partial charge is 0.486 e. The van der Waals surface area contributed by atoms with E-state index in [9.17, 15) is 9.59 Å². The predicted molar refractivity (Wildman–Crippen MR) is 118 cm³/mol. The number of benzene rings is 2. The number of hydrogen-bond acceptors (Lipinski definition) is 7. The number of amides is 2. The standard InChI is InChI=1S/C23H19ClN4O5/c24-16-8-6-15(7-9-16)22-25-21(33-28-22)13-12-20(29)26-27-23(30)19-11-10-18(32-19)14-31-17-4-2-1-3-5-17/h1-11H,12-14H2,(H,26,29)(H,27,30). The highest BCUT2D eigenvalue weighted by molar-refractivity contribution is 6.30. The Balaban J connectivity index is 1.20. The van der Waals surface area contributed by atoms with Crippen LogP contribution >= 0.6 is 11.6 Å². The molecular weight excluding hydrogens is 448 g/mol. The van der Waals surface area contributed by atoms with Crippen molar-refractivity contribution in [1.82, 2.24) is 21.0 Å². The molecule has 33 heavy (non-hydrogen) atoms. The second kappa shape index (κ2) is 10.5. The van der Waals surface area contributed by atoms with Crippen molar-refractivity contribution in [2.24, 2.45) is 0 Å². The van der Waals surface area contributed by atoms with Crippen LogP contribution in [0.1, 0.15) is 28.6 Å². The quantitative estimate of drug-likeness (QED) is 0.377. The summed E-state index contributed by atoms with van der Waals surface area (Å²) in [4.78, 5) is 28.5. The van der Waals surface area contributed by atoms with Crippen LogP contribution in [0.4, 0.5) is 0 Å². The van der Waals surface area contributed by atoms with Crippen molar-refractivity contribution in [2.75, 3.05) is 0 Å². The average Bonchev–Trinajstić information content (AvgIpc) is 3.51. The zero-order chi connectivity index (χ0) is 23.0. The molecule has 0 fully saturated rings. The molecule has 9 nitrogen and oxygen atoms in total. The summed E-state index contributed by atoms with van der Waals surface area (Å²) in [6, 6.07) is 19.4. The number of halogens is 1. The molecule has 0 saturated carbocycles. The third-order valence-corrected chi connectivity index (χ3v) is 4.71. The Bertz CT molecular complexity index is 1220. The molecule has 2 amide bonds. The number of nitrogens with one attached hydrogen (secondary N) is 2. The van der Waals surface area contributed by atoms with Crippen molar-refractivity contribution in [2.45, 2.75) is 19.4 Å².